The van der Waals surface area contributed by atoms with E-state index in [-0.39, 0.29) is 18.5 Å². The predicted octanol–water partition coefficient (Wildman–Crippen LogP) is 3.92. The Bertz CT molecular complexity index is 1030. The highest BCUT2D eigenvalue weighted by atomic mass is 32.2. The molecule has 0 unspecified atom stereocenters. The van der Waals surface area contributed by atoms with Crippen molar-refractivity contribution in [2.24, 2.45) is 0 Å². The summed E-state index contributed by atoms with van der Waals surface area (Å²) in [6.07, 6.45) is 1.97. The van der Waals surface area contributed by atoms with Crippen LogP contribution in [0.1, 0.15) is 29.7 Å². The smallest absolute Gasteiger partial charge is 0.241 e. The molecular weight excluding hydrogens is 396 g/mol. The molecule has 3 aromatic carbocycles. The van der Waals surface area contributed by atoms with Crippen LogP contribution >= 0.6 is 0 Å². The van der Waals surface area contributed by atoms with Gasteiger partial charge in [0, 0.05) is 0 Å². The van der Waals surface area contributed by atoms with E-state index in [9.17, 15) is 13.2 Å². The van der Waals surface area contributed by atoms with E-state index in [1.165, 1.54) is 0 Å². The van der Waals surface area contributed by atoms with Crippen molar-refractivity contribution in [2.75, 3.05) is 17.1 Å². The first-order valence-corrected chi connectivity index (χ1v) is 11.7. The van der Waals surface area contributed by atoms with Gasteiger partial charge in [-0.3, -0.25) is 9.10 Å². The molecule has 1 amide bonds. The van der Waals surface area contributed by atoms with Crippen LogP contribution in [0.15, 0.2) is 84.9 Å². The van der Waals surface area contributed by atoms with E-state index in [1.54, 1.807) is 12.1 Å². The van der Waals surface area contributed by atoms with E-state index in [4.69, 9.17) is 0 Å². The van der Waals surface area contributed by atoms with E-state index in [2.05, 4.69) is 5.32 Å². The second-order valence-corrected chi connectivity index (χ2v) is 9.02. The van der Waals surface area contributed by atoms with Gasteiger partial charge in [0.25, 0.3) is 0 Å². The summed E-state index contributed by atoms with van der Waals surface area (Å²) in [6.45, 7) is 1.74. The maximum atomic E-state index is 12.9. The van der Waals surface area contributed by atoms with E-state index < -0.39 is 10.0 Å². The summed E-state index contributed by atoms with van der Waals surface area (Å²) in [7, 11) is -3.63. The Kier molecular flexibility index (Phi) is 6.90. The minimum Gasteiger partial charge on any atom is -0.344 e. The van der Waals surface area contributed by atoms with Crippen molar-refractivity contribution >= 4 is 21.6 Å². The fourth-order valence-corrected chi connectivity index (χ4v) is 4.14. The van der Waals surface area contributed by atoms with Crippen molar-refractivity contribution in [3.63, 3.8) is 0 Å². The molecular formula is C24H26N2O3S. The van der Waals surface area contributed by atoms with E-state index in [1.807, 2.05) is 79.7 Å². The van der Waals surface area contributed by atoms with Gasteiger partial charge in [-0.05, 0) is 35.2 Å². The van der Waals surface area contributed by atoms with Crippen LogP contribution in [0.4, 0.5) is 5.69 Å². The predicted molar refractivity (Wildman–Crippen MR) is 121 cm³/mol. The number of carbonyl (C=O) groups is 1. The van der Waals surface area contributed by atoms with E-state index in [0.717, 1.165) is 33.7 Å². The third-order valence-corrected chi connectivity index (χ3v) is 6.03. The van der Waals surface area contributed by atoms with Crippen LogP contribution in [0.25, 0.3) is 0 Å². The minimum absolute atomic E-state index is 0.291. The lowest BCUT2D eigenvalue weighted by Crippen LogP contribution is -2.41. The number of amides is 1. The molecule has 0 fully saturated rings. The lowest BCUT2D eigenvalue weighted by molar-refractivity contribution is -0.120. The molecule has 6 heteroatoms. The number of aryl methyl sites for hydroxylation is 1. The molecule has 0 heterocycles. The van der Waals surface area contributed by atoms with Gasteiger partial charge in [-0.1, -0.05) is 79.7 Å². The van der Waals surface area contributed by atoms with Crippen LogP contribution in [-0.4, -0.2) is 27.1 Å². The van der Waals surface area contributed by atoms with Gasteiger partial charge in [0.05, 0.1) is 18.0 Å². The average molecular weight is 423 g/mol. The standard InChI is InChI=1S/C24H26N2O3S/c1-3-19-14-16-22(17-15-19)26(30(2,28)29)18-23(27)25-24(20-10-6-4-7-11-20)21-12-8-5-9-13-21/h4-17,24H,3,18H2,1-2H3,(H,25,27). The van der Waals surface area contributed by atoms with Crippen LogP contribution in [0.5, 0.6) is 0 Å². The van der Waals surface area contributed by atoms with Crippen LogP contribution in [0, 0.1) is 0 Å². The molecule has 0 atom stereocenters. The number of carbonyl (C=O) groups excluding carboxylic acids is 1. The first-order valence-electron chi connectivity index (χ1n) is 9.84. The van der Waals surface area contributed by atoms with Gasteiger partial charge in [-0.2, -0.15) is 0 Å². The lowest BCUT2D eigenvalue weighted by Gasteiger charge is -2.25. The van der Waals surface area contributed by atoms with Crippen LogP contribution in [-0.2, 0) is 21.2 Å². The SMILES string of the molecule is CCc1ccc(N(CC(=O)NC(c2ccccc2)c2ccccc2)S(C)(=O)=O)cc1. The summed E-state index contributed by atoms with van der Waals surface area (Å²) >= 11 is 0. The second kappa shape index (κ2) is 9.59. The lowest BCUT2D eigenvalue weighted by atomic mass is 9.99. The molecule has 3 aromatic rings. The first kappa shape index (κ1) is 21.6. The molecule has 0 radical (unpaired) electrons. The number of hydrogen-bond acceptors (Lipinski definition) is 3. The van der Waals surface area contributed by atoms with Gasteiger partial charge in [0.2, 0.25) is 15.9 Å². The molecule has 156 valence electrons. The van der Waals surface area contributed by atoms with Gasteiger partial charge in [0.1, 0.15) is 6.54 Å². The molecule has 0 aromatic heterocycles. The maximum absolute atomic E-state index is 12.9. The van der Waals surface area contributed by atoms with Crippen molar-refractivity contribution in [3.8, 4) is 0 Å². The molecule has 30 heavy (non-hydrogen) atoms. The Morgan fingerprint density at radius 1 is 0.867 bits per heavy atom. The Morgan fingerprint density at radius 3 is 1.80 bits per heavy atom. The van der Waals surface area contributed by atoms with Crippen molar-refractivity contribution in [2.45, 2.75) is 19.4 Å². The first-order chi connectivity index (χ1) is 14.4. The highest BCUT2D eigenvalue weighted by molar-refractivity contribution is 7.92. The summed E-state index contributed by atoms with van der Waals surface area (Å²) in [4.78, 5) is 12.9. The van der Waals surface area contributed by atoms with Gasteiger partial charge >= 0.3 is 0 Å². The number of nitrogens with one attached hydrogen (secondary N) is 1. The van der Waals surface area contributed by atoms with Crippen molar-refractivity contribution in [3.05, 3.63) is 102 Å². The number of anilines is 1. The molecule has 1 N–H and O–H groups in total. The molecule has 0 aliphatic carbocycles. The van der Waals surface area contributed by atoms with Crippen LogP contribution < -0.4 is 9.62 Å². The molecule has 3 rings (SSSR count). The Morgan fingerprint density at radius 2 is 1.37 bits per heavy atom. The quantitative estimate of drug-likeness (QED) is 0.598. The Hall–Kier alpha value is -3.12. The molecule has 0 bridgehead atoms. The zero-order valence-electron chi connectivity index (χ0n) is 17.2. The number of nitrogens with zero attached hydrogens (tertiary/aromatic N) is 1. The normalized spacial score (nSPS) is 11.3. The van der Waals surface area contributed by atoms with Crippen LogP contribution in [0.3, 0.4) is 0 Å². The van der Waals surface area contributed by atoms with Gasteiger partial charge < -0.3 is 5.32 Å². The topological polar surface area (TPSA) is 66.5 Å². The van der Waals surface area contributed by atoms with Gasteiger partial charge in [0.15, 0.2) is 0 Å². The largest absolute Gasteiger partial charge is 0.344 e. The number of rotatable bonds is 8. The monoisotopic (exact) mass is 422 g/mol. The zero-order chi connectivity index (χ0) is 21.6. The van der Waals surface area contributed by atoms with E-state index in [0.29, 0.717) is 5.69 Å². The van der Waals surface area contributed by atoms with Crippen molar-refractivity contribution in [1.29, 1.82) is 0 Å². The third-order valence-electron chi connectivity index (χ3n) is 4.89. The van der Waals surface area contributed by atoms with Gasteiger partial charge in [-0.15, -0.1) is 0 Å². The molecule has 0 saturated heterocycles. The summed E-state index contributed by atoms with van der Waals surface area (Å²) in [5, 5.41) is 3.00. The number of sulfonamides is 1. The molecule has 5 nitrogen and oxygen atoms in total. The Balaban J connectivity index is 1.85. The number of hydrogen-bond donors (Lipinski definition) is 1. The van der Waals surface area contributed by atoms with Gasteiger partial charge in [-0.25, -0.2) is 8.42 Å². The average Bonchev–Trinajstić information content (AvgIpc) is 2.76. The summed E-state index contributed by atoms with van der Waals surface area (Å²) in [6, 6.07) is 26.1. The number of benzene rings is 3. The van der Waals surface area contributed by atoms with Crippen LogP contribution in [0.2, 0.25) is 0 Å². The fourth-order valence-electron chi connectivity index (χ4n) is 3.29. The molecule has 0 spiro atoms. The molecule has 0 aliphatic rings. The van der Waals surface area contributed by atoms with Crippen molar-refractivity contribution < 1.29 is 13.2 Å². The summed E-state index contributed by atoms with van der Waals surface area (Å²) < 4.78 is 25.9. The fraction of sp³-hybridized carbons (Fsp3) is 0.208. The maximum Gasteiger partial charge on any atom is 0.241 e. The molecule has 0 saturated carbocycles. The summed E-state index contributed by atoms with van der Waals surface area (Å²) in [5.41, 5.74) is 3.43. The highest BCUT2D eigenvalue weighted by Gasteiger charge is 2.23. The zero-order valence-corrected chi connectivity index (χ0v) is 18.0. The molecule has 0 aliphatic heterocycles. The Labute approximate surface area is 178 Å². The third kappa shape index (κ3) is 5.48. The van der Waals surface area contributed by atoms with Crippen molar-refractivity contribution in [1.82, 2.24) is 5.32 Å². The minimum atomic E-state index is -3.63. The summed E-state index contributed by atoms with van der Waals surface area (Å²) in [5.74, 6) is -0.377. The second-order valence-electron chi connectivity index (χ2n) is 7.11. The van der Waals surface area contributed by atoms with E-state index >= 15 is 0 Å². The highest BCUT2D eigenvalue weighted by Crippen LogP contribution is 2.23.